The second kappa shape index (κ2) is 6.58. The molecule has 3 nitrogen and oxygen atoms in total. The monoisotopic (exact) mass is 229 g/mol. The molecular formula is C13H27NO2. The fourth-order valence-electron chi connectivity index (χ4n) is 2.60. The van der Waals surface area contributed by atoms with Crippen LogP contribution in [0.5, 0.6) is 0 Å². The number of aliphatic hydroxyl groups excluding tert-OH is 1. The van der Waals surface area contributed by atoms with E-state index in [-0.39, 0.29) is 6.10 Å². The van der Waals surface area contributed by atoms with Gasteiger partial charge in [0.05, 0.1) is 12.7 Å². The molecule has 0 heterocycles. The second-order valence-corrected chi connectivity index (χ2v) is 5.81. The largest absolute Gasteiger partial charge is 0.391 e. The van der Waals surface area contributed by atoms with Gasteiger partial charge in [-0.05, 0) is 37.6 Å². The van der Waals surface area contributed by atoms with E-state index in [1.54, 1.807) is 7.11 Å². The number of methoxy groups -OCH3 is 1. The van der Waals surface area contributed by atoms with Crippen LogP contribution >= 0.6 is 0 Å². The van der Waals surface area contributed by atoms with Crippen molar-refractivity contribution in [2.24, 2.45) is 5.41 Å². The summed E-state index contributed by atoms with van der Waals surface area (Å²) in [6.45, 7) is 6.03. The Labute approximate surface area is 99.6 Å². The second-order valence-electron chi connectivity index (χ2n) is 5.81. The van der Waals surface area contributed by atoms with Gasteiger partial charge >= 0.3 is 0 Å². The molecule has 0 radical (unpaired) electrons. The third-order valence-electron chi connectivity index (χ3n) is 3.47. The van der Waals surface area contributed by atoms with Gasteiger partial charge < -0.3 is 15.2 Å². The van der Waals surface area contributed by atoms with Gasteiger partial charge in [0, 0.05) is 13.2 Å². The van der Waals surface area contributed by atoms with Gasteiger partial charge in [0.15, 0.2) is 0 Å². The van der Waals surface area contributed by atoms with E-state index in [1.807, 2.05) is 0 Å². The molecule has 0 aliphatic heterocycles. The van der Waals surface area contributed by atoms with Crippen molar-refractivity contribution >= 4 is 0 Å². The van der Waals surface area contributed by atoms with E-state index in [4.69, 9.17) is 4.74 Å². The number of hydrogen-bond donors (Lipinski definition) is 2. The summed E-state index contributed by atoms with van der Waals surface area (Å²) in [5.74, 6) is 0. The summed E-state index contributed by atoms with van der Waals surface area (Å²) in [4.78, 5) is 0. The molecule has 0 aromatic carbocycles. The SMILES string of the molecule is COCC(O)CCNC1CCCC(C)(C)C1. The zero-order valence-corrected chi connectivity index (χ0v) is 11.0. The number of ether oxygens (including phenoxy) is 1. The highest BCUT2D eigenvalue weighted by Gasteiger charge is 2.27. The van der Waals surface area contributed by atoms with E-state index in [1.165, 1.54) is 25.7 Å². The van der Waals surface area contributed by atoms with Crippen molar-refractivity contribution in [3.05, 3.63) is 0 Å². The van der Waals surface area contributed by atoms with E-state index < -0.39 is 0 Å². The van der Waals surface area contributed by atoms with E-state index in [0.29, 0.717) is 18.1 Å². The molecule has 96 valence electrons. The van der Waals surface area contributed by atoms with Crippen molar-refractivity contribution in [3.63, 3.8) is 0 Å². The molecule has 2 atom stereocenters. The Morgan fingerprint density at radius 2 is 2.25 bits per heavy atom. The maximum absolute atomic E-state index is 9.52. The molecule has 16 heavy (non-hydrogen) atoms. The van der Waals surface area contributed by atoms with E-state index in [2.05, 4.69) is 19.2 Å². The van der Waals surface area contributed by atoms with Gasteiger partial charge in [-0.15, -0.1) is 0 Å². The van der Waals surface area contributed by atoms with Gasteiger partial charge in [-0.25, -0.2) is 0 Å². The maximum Gasteiger partial charge on any atom is 0.0785 e. The lowest BCUT2D eigenvalue weighted by molar-refractivity contribution is 0.0581. The van der Waals surface area contributed by atoms with Gasteiger partial charge in [0.1, 0.15) is 0 Å². The number of rotatable bonds is 6. The fraction of sp³-hybridized carbons (Fsp3) is 1.00. The third kappa shape index (κ3) is 5.28. The van der Waals surface area contributed by atoms with Crippen molar-refractivity contribution in [1.29, 1.82) is 0 Å². The molecule has 0 aromatic rings. The highest BCUT2D eigenvalue weighted by molar-refractivity contribution is 4.83. The Bertz CT molecular complexity index is 194. The molecule has 1 aliphatic rings. The Balaban J connectivity index is 2.13. The average Bonchev–Trinajstić information content (AvgIpc) is 2.16. The van der Waals surface area contributed by atoms with Crippen LogP contribution in [0.1, 0.15) is 46.0 Å². The van der Waals surface area contributed by atoms with Crippen molar-refractivity contribution in [1.82, 2.24) is 5.32 Å². The smallest absolute Gasteiger partial charge is 0.0785 e. The third-order valence-corrected chi connectivity index (χ3v) is 3.47. The molecule has 2 N–H and O–H groups in total. The van der Waals surface area contributed by atoms with Crippen molar-refractivity contribution in [3.8, 4) is 0 Å². The average molecular weight is 229 g/mol. The number of aliphatic hydroxyl groups is 1. The molecule has 0 bridgehead atoms. The van der Waals surface area contributed by atoms with Gasteiger partial charge in [-0.2, -0.15) is 0 Å². The van der Waals surface area contributed by atoms with Crippen LogP contribution in [0.25, 0.3) is 0 Å². The molecular weight excluding hydrogens is 202 g/mol. The molecule has 1 fully saturated rings. The summed E-state index contributed by atoms with van der Waals surface area (Å²) in [6.07, 6.45) is 5.67. The highest BCUT2D eigenvalue weighted by atomic mass is 16.5. The molecule has 2 unspecified atom stereocenters. The van der Waals surface area contributed by atoms with Crippen LogP contribution in [0.15, 0.2) is 0 Å². The van der Waals surface area contributed by atoms with Crippen molar-refractivity contribution in [2.75, 3.05) is 20.3 Å². The summed E-state index contributed by atoms with van der Waals surface area (Å²) < 4.78 is 4.90. The molecule has 3 heteroatoms. The van der Waals surface area contributed by atoms with Crippen LogP contribution < -0.4 is 5.32 Å². The van der Waals surface area contributed by atoms with Gasteiger partial charge in [-0.1, -0.05) is 20.3 Å². The highest BCUT2D eigenvalue weighted by Crippen LogP contribution is 2.34. The standard InChI is InChI=1S/C13H27NO2/c1-13(2)7-4-5-11(9-13)14-8-6-12(15)10-16-3/h11-12,14-15H,4-10H2,1-3H3. The predicted octanol–water partition coefficient (Wildman–Crippen LogP) is 1.94. The Hall–Kier alpha value is -0.120. The number of nitrogens with one attached hydrogen (secondary N) is 1. The lowest BCUT2D eigenvalue weighted by atomic mass is 9.75. The zero-order valence-electron chi connectivity index (χ0n) is 11.0. The van der Waals surface area contributed by atoms with E-state index in [9.17, 15) is 5.11 Å². The summed E-state index contributed by atoms with van der Waals surface area (Å²) in [7, 11) is 1.63. The summed E-state index contributed by atoms with van der Waals surface area (Å²) in [5.41, 5.74) is 0.487. The predicted molar refractivity (Wildman–Crippen MR) is 66.5 cm³/mol. The molecule has 1 rings (SSSR count). The molecule has 0 aromatic heterocycles. The topological polar surface area (TPSA) is 41.5 Å². The lowest BCUT2D eigenvalue weighted by Gasteiger charge is -2.35. The van der Waals surface area contributed by atoms with Crippen LogP contribution in [0.4, 0.5) is 0 Å². The lowest BCUT2D eigenvalue weighted by Crippen LogP contribution is -2.38. The first-order chi connectivity index (χ1) is 7.53. The maximum atomic E-state index is 9.52. The molecule has 0 saturated heterocycles. The molecule has 1 aliphatic carbocycles. The summed E-state index contributed by atoms with van der Waals surface area (Å²) in [6, 6.07) is 0.637. The molecule has 0 amide bonds. The Morgan fingerprint density at radius 1 is 1.50 bits per heavy atom. The molecule has 0 spiro atoms. The Morgan fingerprint density at radius 3 is 2.88 bits per heavy atom. The number of hydrogen-bond acceptors (Lipinski definition) is 3. The minimum Gasteiger partial charge on any atom is -0.391 e. The van der Waals surface area contributed by atoms with Crippen LogP contribution in [-0.4, -0.2) is 37.5 Å². The first-order valence-electron chi connectivity index (χ1n) is 6.44. The quantitative estimate of drug-likeness (QED) is 0.731. The van der Waals surface area contributed by atoms with Crippen LogP contribution in [-0.2, 0) is 4.74 Å². The van der Waals surface area contributed by atoms with Crippen LogP contribution in [0.3, 0.4) is 0 Å². The summed E-state index contributed by atoms with van der Waals surface area (Å²) in [5, 5.41) is 13.1. The van der Waals surface area contributed by atoms with Gasteiger partial charge in [0.25, 0.3) is 0 Å². The van der Waals surface area contributed by atoms with Gasteiger partial charge in [-0.3, -0.25) is 0 Å². The first kappa shape index (κ1) is 13.9. The van der Waals surface area contributed by atoms with Gasteiger partial charge in [0.2, 0.25) is 0 Å². The Kier molecular flexibility index (Phi) is 5.73. The minimum atomic E-state index is -0.325. The van der Waals surface area contributed by atoms with Crippen molar-refractivity contribution < 1.29 is 9.84 Å². The van der Waals surface area contributed by atoms with Crippen molar-refractivity contribution in [2.45, 2.75) is 58.1 Å². The first-order valence-corrected chi connectivity index (χ1v) is 6.44. The fourth-order valence-corrected chi connectivity index (χ4v) is 2.60. The van der Waals surface area contributed by atoms with E-state index >= 15 is 0 Å². The van der Waals surface area contributed by atoms with Crippen LogP contribution in [0, 0.1) is 5.41 Å². The van der Waals surface area contributed by atoms with Crippen LogP contribution in [0.2, 0.25) is 0 Å². The molecule has 1 saturated carbocycles. The minimum absolute atomic E-state index is 0.325. The zero-order chi connectivity index (χ0) is 12.0. The summed E-state index contributed by atoms with van der Waals surface area (Å²) >= 11 is 0. The normalized spacial score (nSPS) is 26.6. The van der Waals surface area contributed by atoms with E-state index in [0.717, 1.165) is 13.0 Å².